The van der Waals surface area contributed by atoms with Crippen LogP contribution in [0, 0.1) is 0 Å². The number of carbonyl (C=O) groups excluding carboxylic acids is 1. The van der Waals surface area contributed by atoms with Crippen molar-refractivity contribution in [2.75, 3.05) is 11.1 Å². The van der Waals surface area contributed by atoms with Crippen LogP contribution in [0.3, 0.4) is 0 Å². The second-order valence-corrected chi connectivity index (χ2v) is 6.41. The second-order valence-electron chi connectivity index (χ2n) is 4.91. The summed E-state index contributed by atoms with van der Waals surface area (Å²) >= 11 is 7.29. The molecule has 0 radical (unpaired) electrons. The highest BCUT2D eigenvalue weighted by Crippen LogP contribution is 2.15. The molecule has 0 saturated heterocycles. The van der Waals surface area contributed by atoms with Gasteiger partial charge in [0.1, 0.15) is 10.8 Å². The number of aromatic nitrogens is 4. The van der Waals surface area contributed by atoms with Crippen LogP contribution in [0.1, 0.15) is 6.42 Å². The molecule has 2 aromatic carbocycles. The molecule has 0 aliphatic carbocycles. The maximum Gasteiger partial charge on any atom is 0.365 e. The van der Waals surface area contributed by atoms with E-state index < -0.39 is 0 Å². The van der Waals surface area contributed by atoms with Crippen LogP contribution in [0.5, 0.6) is 0 Å². The number of rotatable bonds is 6. The smallest absolute Gasteiger partial charge is 0.326 e. The van der Waals surface area contributed by atoms with E-state index in [1.165, 1.54) is 11.8 Å². The van der Waals surface area contributed by atoms with E-state index in [1.807, 2.05) is 30.3 Å². The molecule has 122 valence electrons. The van der Waals surface area contributed by atoms with E-state index in [4.69, 9.17) is 11.6 Å². The molecule has 1 heterocycles. The van der Waals surface area contributed by atoms with Crippen LogP contribution in [0.25, 0.3) is 5.69 Å². The largest absolute Gasteiger partial charge is 0.365 e. The summed E-state index contributed by atoms with van der Waals surface area (Å²) in [6.45, 7) is 0. The Morgan fingerprint density at radius 3 is 2.67 bits per heavy atom. The first-order chi connectivity index (χ1) is 11.7. The minimum absolute atomic E-state index is 0.0559. The first kappa shape index (κ1) is 16.5. The number of aromatic amines is 1. The minimum atomic E-state index is -0.0559. The van der Waals surface area contributed by atoms with Crippen LogP contribution >= 0.6 is 23.4 Å². The van der Waals surface area contributed by atoms with E-state index in [9.17, 15) is 4.79 Å². The number of thioether (sulfide) groups is 1. The molecule has 0 aliphatic rings. The van der Waals surface area contributed by atoms with E-state index in [1.54, 1.807) is 28.9 Å². The highest BCUT2D eigenvalue weighted by molar-refractivity contribution is 7.99. The van der Waals surface area contributed by atoms with Gasteiger partial charge in [0, 0.05) is 22.9 Å². The maximum absolute atomic E-state index is 12.0. The van der Waals surface area contributed by atoms with E-state index in [0.29, 0.717) is 22.4 Å². The summed E-state index contributed by atoms with van der Waals surface area (Å²) in [4.78, 5) is 12.0. The fraction of sp³-hybridized carbons (Fsp3) is 0.125. The molecule has 0 unspecified atom stereocenters. The van der Waals surface area contributed by atoms with Crippen LogP contribution in [-0.2, 0) is 4.79 Å². The van der Waals surface area contributed by atoms with Crippen LogP contribution in [0.2, 0.25) is 5.02 Å². The lowest BCUT2D eigenvalue weighted by molar-refractivity contribution is -0.697. The molecule has 2 N–H and O–H groups in total. The molecule has 0 fully saturated rings. The number of nitrogens with zero attached hydrogens (tertiary/aromatic N) is 3. The lowest BCUT2D eigenvalue weighted by atomic mass is 10.3. The van der Waals surface area contributed by atoms with Crippen LogP contribution in [0.4, 0.5) is 5.69 Å². The van der Waals surface area contributed by atoms with E-state index >= 15 is 0 Å². The predicted octanol–water partition coefficient (Wildman–Crippen LogP) is 2.86. The second kappa shape index (κ2) is 7.94. The molecular formula is C16H15ClN5OS+. The average molecular weight is 361 g/mol. The first-order valence-electron chi connectivity index (χ1n) is 7.29. The number of amides is 1. The Balaban J connectivity index is 1.53. The molecule has 6 nitrogen and oxygen atoms in total. The van der Waals surface area contributed by atoms with Gasteiger partial charge in [0.25, 0.3) is 0 Å². The van der Waals surface area contributed by atoms with Gasteiger partial charge >= 0.3 is 5.16 Å². The lowest BCUT2D eigenvalue weighted by Gasteiger charge is -2.04. The third kappa shape index (κ3) is 4.33. The topological polar surface area (TPSA) is 74.5 Å². The summed E-state index contributed by atoms with van der Waals surface area (Å²) in [5.41, 5.74) is 1.67. The highest BCUT2D eigenvalue weighted by atomic mass is 35.5. The van der Waals surface area contributed by atoms with Crippen molar-refractivity contribution in [1.29, 1.82) is 0 Å². The summed E-state index contributed by atoms with van der Waals surface area (Å²) < 4.78 is 1.78. The maximum atomic E-state index is 12.0. The summed E-state index contributed by atoms with van der Waals surface area (Å²) in [5.74, 6) is 0.540. The van der Waals surface area contributed by atoms with Crippen molar-refractivity contribution >= 4 is 35.0 Å². The van der Waals surface area contributed by atoms with Gasteiger partial charge in [-0.3, -0.25) is 4.79 Å². The predicted molar refractivity (Wildman–Crippen MR) is 93.3 cm³/mol. The van der Waals surface area contributed by atoms with Crippen molar-refractivity contribution in [3.63, 3.8) is 0 Å². The minimum Gasteiger partial charge on any atom is -0.326 e. The Bertz CT molecular complexity index is 807. The number of hydrogen-bond donors (Lipinski definition) is 2. The normalized spacial score (nSPS) is 10.5. The van der Waals surface area contributed by atoms with Gasteiger partial charge < -0.3 is 5.32 Å². The van der Waals surface area contributed by atoms with E-state index in [0.717, 1.165) is 11.4 Å². The number of para-hydroxylation sites is 1. The van der Waals surface area contributed by atoms with Crippen LogP contribution in [-0.4, -0.2) is 27.2 Å². The Morgan fingerprint density at radius 2 is 1.92 bits per heavy atom. The van der Waals surface area contributed by atoms with Gasteiger partial charge in [-0.1, -0.05) is 35.0 Å². The van der Waals surface area contributed by atoms with E-state index in [2.05, 4.69) is 20.8 Å². The third-order valence-corrected chi connectivity index (χ3v) is 4.36. The average Bonchev–Trinajstić information content (AvgIpc) is 3.06. The van der Waals surface area contributed by atoms with Crippen LogP contribution in [0.15, 0.2) is 59.8 Å². The quantitative estimate of drug-likeness (QED) is 0.523. The standard InChI is InChI=1S/C16H14ClN5OS/c17-12-6-8-13(9-7-12)18-15(23)10-11-24-16-19-20-21-22(16)14-4-2-1-3-5-14/h1-9H,10-11H2,(H,18,23)/p+1. The molecule has 0 bridgehead atoms. The zero-order valence-corrected chi connectivity index (χ0v) is 14.2. The van der Waals surface area contributed by atoms with Crippen molar-refractivity contribution in [1.82, 2.24) is 15.5 Å². The molecular weight excluding hydrogens is 346 g/mol. The summed E-state index contributed by atoms with van der Waals surface area (Å²) in [7, 11) is 0. The molecule has 0 spiro atoms. The lowest BCUT2D eigenvalue weighted by Crippen LogP contribution is -2.35. The molecule has 3 aromatic rings. The van der Waals surface area contributed by atoms with Crippen molar-refractivity contribution in [3.8, 4) is 5.69 Å². The molecule has 8 heteroatoms. The number of carbonyl (C=O) groups is 1. The molecule has 1 aromatic heterocycles. The van der Waals surface area contributed by atoms with Crippen molar-refractivity contribution in [2.24, 2.45) is 0 Å². The number of hydrogen-bond acceptors (Lipinski definition) is 4. The third-order valence-electron chi connectivity index (χ3n) is 3.17. The number of benzene rings is 2. The van der Waals surface area contributed by atoms with Gasteiger partial charge in [0.2, 0.25) is 5.91 Å². The summed E-state index contributed by atoms with van der Waals surface area (Å²) in [6, 6.07) is 16.8. The molecule has 0 saturated carbocycles. The fourth-order valence-electron chi connectivity index (χ4n) is 2.03. The van der Waals surface area contributed by atoms with Crippen LogP contribution < -0.4 is 10.00 Å². The first-order valence-corrected chi connectivity index (χ1v) is 8.65. The van der Waals surface area contributed by atoms with Gasteiger partial charge in [-0.2, -0.15) is 0 Å². The number of halogens is 1. The Labute approximate surface area is 148 Å². The molecule has 0 atom stereocenters. The van der Waals surface area contributed by atoms with Gasteiger partial charge in [-0.05, 0) is 48.2 Å². The number of H-pyrrole nitrogens is 1. The van der Waals surface area contributed by atoms with Gasteiger partial charge in [0.15, 0.2) is 5.21 Å². The molecule has 1 amide bonds. The molecule has 3 rings (SSSR count). The van der Waals surface area contributed by atoms with Crippen molar-refractivity contribution in [3.05, 3.63) is 59.6 Å². The highest BCUT2D eigenvalue weighted by Gasteiger charge is 2.17. The van der Waals surface area contributed by atoms with Gasteiger partial charge in [-0.25, -0.2) is 0 Å². The Kier molecular flexibility index (Phi) is 5.45. The number of nitrogens with one attached hydrogen (secondary N) is 2. The SMILES string of the molecule is O=C(CCSc1nn[nH][n+]1-c1ccccc1)Nc1ccc(Cl)cc1. The van der Waals surface area contributed by atoms with E-state index in [-0.39, 0.29) is 5.91 Å². The summed E-state index contributed by atoms with van der Waals surface area (Å²) in [5, 5.41) is 14.9. The zero-order chi connectivity index (χ0) is 16.8. The zero-order valence-electron chi connectivity index (χ0n) is 12.6. The molecule has 24 heavy (non-hydrogen) atoms. The van der Waals surface area contributed by atoms with Gasteiger partial charge in [-0.15, -0.1) is 4.68 Å². The number of tetrazole rings is 1. The number of anilines is 1. The Morgan fingerprint density at radius 1 is 1.17 bits per heavy atom. The Hall–Kier alpha value is -2.38. The molecule has 0 aliphatic heterocycles. The van der Waals surface area contributed by atoms with Gasteiger partial charge in [0.05, 0.1) is 0 Å². The monoisotopic (exact) mass is 360 g/mol. The summed E-state index contributed by atoms with van der Waals surface area (Å²) in [6.07, 6.45) is 0.370. The van der Waals surface area contributed by atoms with Crippen molar-refractivity contribution in [2.45, 2.75) is 11.6 Å². The fourth-order valence-corrected chi connectivity index (χ4v) is 3.00. The van der Waals surface area contributed by atoms with Crippen molar-refractivity contribution < 1.29 is 9.48 Å².